The number of aromatic nitrogens is 1. The molecule has 6 nitrogen and oxygen atoms in total. The first-order valence-corrected chi connectivity index (χ1v) is 11.2. The molecule has 0 aliphatic rings. The molecule has 1 aromatic heterocycles. The van der Waals surface area contributed by atoms with Crippen LogP contribution in [0, 0.1) is 0 Å². The van der Waals surface area contributed by atoms with E-state index in [9.17, 15) is 9.59 Å². The highest BCUT2D eigenvalue weighted by Gasteiger charge is 2.11. The Morgan fingerprint density at radius 3 is 2.55 bits per heavy atom. The number of thiazole rings is 1. The second-order valence-corrected chi connectivity index (χ2v) is 8.83. The van der Waals surface area contributed by atoms with Gasteiger partial charge in [0.05, 0.1) is 10.6 Å². The van der Waals surface area contributed by atoms with Crippen LogP contribution in [-0.4, -0.2) is 48.5 Å². The van der Waals surface area contributed by atoms with Crippen molar-refractivity contribution in [3.63, 3.8) is 0 Å². The minimum atomic E-state index is -0.428. The molecular weight excluding hydrogens is 455 g/mol. The standard InChI is InChI=1S/C22H22Cl2N4O2S/c1-27(2)10-9-25-20(29)16-5-3-15(4-6-16)14-28-11-12-31-22(28)26-21(30)18-8-7-17(23)13-19(18)24/h3-8,11-13H,9-10,14H2,1-2H3,(H,25,29). The molecule has 0 saturated heterocycles. The van der Waals surface area contributed by atoms with Crippen LogP contribution in [0.2, 0.25) is 10.0 Å². The predicted octanol–water partition coefficient (Wildman–Crippen LogP) is 3.94. The quantitative estimate of drug-likeness (QED) is 0.561. The van der Waals surface area contributed by atoms with E-state index >= 15 is 0 Å². The molecule has 0 atom stereocenters. The van der Waals surface area contributed by atoms with E-state index in [0.717, 1.165) is 12.1 Å². The van der Waals surface area contributed by atoms with Gasteiger partial charge in [0.2, 0.25) is 0 Å². The first-order chi connectivity index (χ1) is 14.8. The molecule has 0 aliphatic heterocycles. The summed E-state index contributed by atoms with van der Waals surface area (Å²) in [6, 6.07) is 12.1. The number of carbonyl (C=O) groups excluding carboxylic acids is 2. The lowest BCUT2D eigenvalue weighted by Crippen LogP contribution is -2.31. The van der Waals surface area contributed by atoms with E-state index in [2.05, 4.69) is 10.3 Å². The third-order valence-electron chi connectivity index (χ3n) is 4.43. The zero-order valence-electron chi connectivity index (χ0n) is 17.1. The van der Waals surface area contributed by atoms with Crippen molar-refractivity contribution in [2.24, 2.45) is 4.99 Å². The molecule has 9 heteroatoms. The number of hydrogen-bond acceptors (Lipinski definition) is 4. The third kappa shape index (κ3) is 6.51. The molecule has 1 N–H and O–H groups in total. The lowest BCUT2D eigenvalue weighted by molar-refractivity contribution is 0.0949. The Hall–Kier alpha value is -2.45. The average Bonchev–Trinajstić information content (AvgIpc) is 3.14. The molecule has 0 unspecified atom stereocenters. The van der Waals surface area contributed by atoms with Crippen molar-refractivity contribution in [2.75, 3.05) is 27.2 Å². The highest BCUT2D eigenvalue weighted by atomic mass is 35.5. The van der Waals surface area contributed by atoms with Gasteiger partial charge in [0.15, 0.2) is 4.80 Å². The third-order valence-corrected chi connectivity index (χ3v) is 5.77. The number of nitrogens with one attached hydrogen (secondary N) is 1. The van der Waals surface area contributed by atoms with E-state index in [1.165, 1.54) is 17.4 Å². The molecule has 0 bridgehead atoms. The molecule has 0 saturated carbocycles. The Balaban J connectivity index is 1.70. The van der Waals surface area contributed by atoms with E-state index in [4.69, 9.17) is 23.2 Å². The number of amides is 2. The maximum absolute atomic E-state index is 12.5. The van der Waals surface area contributed by atoms with Crippen LogP contribution in [0.25, 0.3) is 0 Å². The summed E-state index contributed by atoms with van der Waals surface area (Å²) in [5.41, 5.74) is 1.90. The predicted molar refractivity (Wildman–Crippen MR) is 125 cm³/mol. The molecule has 0 spiro atoms. The fraction of sp³-hybridized carbons (Fsp3) is 0.227. The summed E-state index contributed by atoms with van der Waals surface area (Å²) >= 11 is 13.4. The Morgan fingerprint density at radius 1 is 1.13 bits per heavy atom. The minimum absolute atomic E-state index is 0.0993. The maximum atomic E-state index is 12.5. The summed E-state index contributed by atoms with van der Waals surface area (Å²) < 4.78 is 1.87. The highest BCUT2D eigenvalue weighted by molar-refractivity contribution is 7.07. The lowest BCUT2D eigenvalue weighted by atomic mass is 10.1. The number of likely N-dealkylation sites (N-methyl/N-ethyl adjacent to an activating group) is 1. The van der Waals surface area contributed by atoms with Crippen LogP contribution in [0.15, 0.2) is 59.0 Å². The van der Waals surface area contributed by atoms with Crippen molar-refractivity contribution in [3.05, 3.63) is 85.6 Å². The summed E-state index contributed by atoms with van der Waals surface area (Å²) in [7, 11) is 3.92. The number of carbonyl (C=O) groups is 2. The van der Waals surface area contributed by atoms with Gasteiger partial charge in [0.1, 0.15) is 0 Å². The second-order valence-electron chi connectivity index (χ2n) is 7.11. The zero-order chi connectivity index (χ0) is 22.4. The molecule has 0 fully saturated rings. The van der Waals surface area contributed by atoms with Gasteiger partial charge >= 0.3 is 0 Å². The molecule has 162 valence electrons. The normalized spacial score (nSPS) is 11.7. The van der Waals surface area contributed by atoms with Gasteiger partial charge in [-0.1, -0.05) is 35.3 Å². The second kappa shape index (κ2) is 10.7. The van der Waals surface area contributed by atoms with Gasteiger partial charge in [-0.3, -0.25) is 9.59 Å². The van der Waals surface area contributed by atoms with Crippen LogP contribution in [0.4, 0.5) is 0 Å². The summed E-state index contributed by atoms with van der Waals surface area (Å²) in [5, 5.41) is 5.49. The van der Waals surface area contributed by atoms with E-state index in [-0.39, 0.29) is 10.9 Å². The number of halogens is 2. The SMILES string of the molecule is CN(C)CCNC(=O)c1ccc(Cn2ccsc2=NC(=O)c2ccc(Cl)cc2Cl)cc1. The van der Waals surface area contributed by atoms with Gasteiger partial charge in [-0.05, 0) is 50.0 Å². The molecule has 0 radical (unpaired) electrons. The molecule has 2 aromatic carbocycles. The van der Waals surface area contributed by atoms with Crippen LogP contribution >= 0.6 is 34.5 Å². The van der Waals surface area contributed by atoms with Crippen LogP contribution in [0.5, 0.6) is 0 Å². The fourth-order valence-corrected chi connectivity index (χ4v) is 3.99. The van der Waals surface area contributed by atoms with Gasteiger partial charge in [-0.15, -0.1) is 11.3 Å². The van der Waals surface area contributed by atoms with E-state index in [1.807, 2.05) is 47.3 Å². The van der Waals surface area contributed by atoms with Crippen LogP contribution in [0.1, 0.15) is 26.3 Å². The number of rotatable bonds is 7. The summed E-state index contributed by atoms with van der Waals surface area (Å²) in [6.07, 6.45) is 1.86. The van der Waals surface area contributed by atoms with Gasteiger partial charge < -0.3 is 14.8 Å². The van der Waals surface area contributed by atoms with E-state index in [1.54, 1.807) is 24.3 Å². The van der Waals surface area contributed by atoms with Gasteiger partial charge in [-0.2, -0.15) is 4.99 Å². The average molecular weight is 477 g/mol. The van der Waals surface area contributed by atoms with Crippen molar-refractivity contribution >= 4 is 46.4 Å². The first-order valence-electron chi connectivity index (χ1n) is 9.53. The van der Waals surface area contributed by atoms with Crippen molar-refractivity contribution < 1.29 is 9.59 Å². The summed E-state index contributed by atoms with van der Waals surface area (Å²) in [6.45, 7) is 1.90. The molecule has 2 amide bonds. The molecule has 3 aromatic rings. The molecule has 3 rings (SSSR count). The fourth-order valence-electron chi connectivity index (χ4n) is 2.77. The Kier molecular flexibility index (Phi) is 8.03. The van der Waals surface area contributed by atoms with Crippen molar-refractivity contribution in [1.82, 2.24) is 14.8 Å². The van der Waals surface area contributed by atoms with Crippen molar-refractivity contribution in [3.8, 4) is 0 Å². The Bertz CT molecular complexity index is 1140. The van der Waals surface area contributed by atoms with Gasteiger partial charge in [-0.25, -0.2) is 0 Å². The summed E-state index contributed by atoms with van der Waals surface area (Å²) in [4.78, 5) is 31.5. The zero-order valence-corrected chi connectivity index (χ0v) is 19.5. The number of hydrogen-bond donors (Lipinski definition) is 1. The lowest BCUT2D eigenvalue weighted by Gasteiger charge is -2.10. The van der Waals surface area contributed by atoms with Crippen molar-refractivity contribution in [1.29, 1.82) is 0 Å². The van der Waals surface area contributed by atoms with Crippen LogP contribution in [-0.2, 0) is 6.54 Å². The maximum Gasteiger partial charge on any atom is 0.281 e. The highest BCUT2D eigenvalue weighted by Crippen LogP contribution is 2.21. The number of benzene rings is 2. The van der Waals surface area contributed by atoms with Crippen LogP contribution < -0.4 is 10.1 Å². The molecule has 1 heterocycles. The molecule has 31 heavy (non-hydrogen) atoms. The van der Waals surface area contributed by atoms with Gasteiger partial charge in [0.25, 0.3) is 11.8 Å². The monoisotopic (exact) mass is 476 g/mol. The largest absolute Gasteiger partial charge is 0.351 e. The molecular formula is C22H22Cl2N4O2S. The first kappa shape index (κ1) is 23.2. The summed E-state index contributed by atoms with van der Waals surface area (Å²) in [5.74, 6) is -0.527. The van der Waals surface area contributed by atoms with Crippen molar-refractivity contribution in [2.45, 2.75) is 6.54 Å². The smallest absolute Gasteiger partial charge is 0.281 e. The van der Waals surface area contributed by atoms with E-state index in [0.29, 0.717) is 34.0 Å². The minimum Gasteiger partial charge on any atom is -0.351 e. The van der Waals surface area contributed by atoms with E-state index < -0.39 is 5.91 Å². The Morgan fingerprint density at radius 2 is 1.87 bits per heavy atom. The number of nitrogens with zero attached hydrogens (tertiary/aromatic N) is 3. The molecule has 0 aliphatic carbocycles. The Labute approximate surface area is 194 Å². The van der Waals surface area contributed by atoms with Crippen LogP contribution in [0.3, 0.4) is 0 Å². The van der Waals surface area contributed by atoms with Gasteiger partial charge in [0, 0.05) is 41.8 Å². The topological polar surface area (TPSA) is 66.7 Å².